The van der Waals surface area contributed by atoms with Crippen LogP contribution in [-0.4, -0.2) is 38.3 Å². The fraction of sp³-hybridized carbons (Fsp3) is 0.312. The zero-order valence-corrected chi connectivity index (χ0v) is 13.3. The number of hydrogen-bond acceptors (Lipinski definition) is 7. The molecule has 2 heterocycles. The maximum Gasteiger partial charge on any atom is 0.347 e. The van der Waals surface area contributed by atoms with Crippen molar-refractivity contribution in [2.45, 2.75) is 25.7 Å². The summed E-state index contributed by atoms with van der Waals surface area (Å²) in [4.78, 5) is 22.5. The third kappa shape index (κ3) is 4.00. The number of ether oxygens (including phenoxy) is 1. The second-order valence-electron chi connectivity index (χ2n) is 5.42. The first kappa shape index (κ1) is 16.6. The second kappa shape index (κ2) is 7.56. The van der Waals surface area contributed by atoms with Crippen molar-refractivity contribution >= 4 is 16.9 Å². The Hall–Kier alpha value is -3.23. The van der Waals surface area contributed by atoms with Crippen molar-refractivity contribution in [1.29, 1.82) is 0 Å². The smallest absolute Gasteiger partial charge is 0.347 e. The van der Waals surface area contributed by atoms with Gasteiger partial charge < -0.3 is 14.3 Å². The van der Waals surface area contributed by atoms with E-state index in [4.69, 9.17) is 14.3 Å². The molecule has 1 aromatic carbocycles. The number of H-pyrrole nitrogens is 1. The minimum absolute atomic E-state index is 0.161. The predicted octanol–water partition coefficient (Wildman–Crippen LogP) is 2.00. The molecule has 0 spiro atoms. The number of rotatable bonds is 8. The number of benzene rings is 1. The number of carboxylic acids is 1. The van der Waals surface area contributed by atoms with E-state index in [0.29, 0.717) is 29.7 Å². The Bertz CT molecular complexity index is 920. The Morgan fingerprint density at radius 2 is 2.16 bits per heavy atom. The molecule has 0 amide bonds. The lowest BCUT2D eigenvalue weighted by Gasteiger charge is -2.09. The molecule has 0 unspecified atom stereocenters. The van der Waals surface area contributed by atoms with E-state index in [0.717, 1.165) is 12.8 Å². The summed E-state index contributed by atoms with van der Waals surface area (Å²) in [7, 11) is 0. The second-order valence-corrected chi connectivity index (χ2v) is 5.42. The van der Waals surface area contributed by atoms with Crippen LogP contribution in [0, 0.1) is 0 Å². The van der Waals surface area contributed by atoms with Crippen LogP contribution in [0.2, 0.25) is 0 Å². The predicted molar refractivity (Wildman–Crippen MR) is 87.3 cm³/mol. The molecular formula is C16H16N4O5. The number of tetrazole rings is 1. The van der Waals surface area contributed by atoms with Gasteiger partial charge in [0.2, 0.25) is 0 Å². The summed E-state index contributed by atoms with van der Waals surface area (Å²) < 4.78 is 11.1. The first-order valence-electron chi connectivity index (χ1n) is 7.81. The van der Waals surface area contributed by atoms with Gasteiger partial charge in [-0.15, -0.1) is 5.10 Å². The number of nitrogens with one attached hydrogen (secondary N) is 1. The van der Waals surface area contributed by atoms with Gasteiger partial charge in [0.1, 0.15) is 16.9 Å². The maximum atomic E-state index is 12.1. The first-order valence-corrected chi connectivity index (χ1v) is 7.81. The highest BCUT2D eigenvalue weighted by Crippen LogP contribution is 2.27. The minimum atomic E-state index is -0.792. The minimum Gasteiger partial charge on any atom is -0.493 e. The fourth-order valence-corrected chi connectivity index (χ4v) is 2.41. The lowest BCUT2D eigenvalue weighted by atomic mass is 10.1. The lowest BCUT2D eigenvalue weighted by molar-refractivity contribution is -0.137. The van der Waals surface area contributed by atoms with Gasteiger partial charge in [0.25, 0.3) is 0 Å². The molecule has 0 saturated carbocycles. The van der Waals surface area contributed by atoms with E-state index in [1.54, 1.807) is 24.3 Å². The molecule has 0 atom stereocenters. The van der Waals surface area contributed by atoms with Gasteiger partial charge in [0.05, 0.1) is 12.0 Å². The van der Waals surface area contributed by atoms with E-state index in [-0.39, 0.29) is 17.8 Å². The normalized spacial score (nSPS) is 10.9. The van der Waals surface area contributed by atoms with Gasteiger partial charge in [0, 0.05) is 6.42 Å². The zero-order valence-electron chi connectivity index (χ0n) is 13.3. The molecule has 25 heavy (non-hydrogen) atoms. The highest BCUT2D eigenvalue weighted by atomic mass is 16.5. The number of carboxylic acid groups (broad SMARTS) is 1. The zero-order chi connectivity index (χ0) is 17.6. The molecule has 2 N–H and O–H groups in total. The summed E-state index contributed by atoms with van der Waals surface area (Å²) in [5.41, 5.74) is 0.0801. The fourth-order valence-electron chi connectivity index (χ4n) is 2.41. The number of aliphatic carboxylic acids is 1. The number of nitrogens with zero attached hydrogens (tertiary/aromatic N) is 3. The largest absolute Gasteiger partial charge is 0.493 e. The summed E-state index contributed by atoms with van der Waals surface area (Å²) in [6.07, 6.45) is 2.28. The molecular weight excluding hydrogens is 328 g/mol. The third-order valence-electron chi connectivity index (χ3n) is 3.63. The van der Waals surface area contributed by atoms with E-state index in [9.17, 15) is 9.59 Å². The van der Waals surface area contributed by atoms with Crippen molar-refractivity contribution in [2.75, 3.05) is 6.61 Å². The molecule has 130 valence electrons. The van der Waals surface area contributed by atoms with Gasteiger partial charge in [-0.2, -0.15) is 0 Å². The van der Waals surface area contributed by atoms with E-state index >= 15 is 0 Å². The quantitative estimate of drug-likeness (QED) is 0.468. The van der Waals surface area contributed by atoms with Crippen molar-refractivity contribution in [3.8, 4) is 17.1 Å². The Kier molecular flexibility index (Phi) is 5.03. The van der Waals surface area contributed by atoms with Crippen LogP contribution in [0.3, 0.4) is 0 Å². The molecule has 0 aliphatic rings. The van der Waals surface area contributed by atoms with Crippen molar-refractivity contribution in [2.24, 2.45) is 0 Å². The molecule has 3 rings (SSSR count). The van der Waals surface area contributed by atoms with Crippen LogP contribution in [0.15, 0.2) is 33.5 Å². The van der Waals surface area contributed by atoms with E-state index in [1.807, 2.05) is 0 Å². The Labute approximate surface area is 141 Å². The standard InChI is InChI=1S/C16H16N4O5/c21-14(22)7-2-1-3-8-24-12-5-4-6-13-10(12)9-11(16(23)25-13)15-17-19-20-18-15/h4-6,9H,1-3,7-8H2,(H,21,22)(H,17,18,19,20). The van der Waals surface area contributed by atoms with Crippen molar-refractivity contribution in [1.82, 2.24) is 20.6 Å². The van der Waals surface area contributed by atoms with Gasteiger partial charge in [-0.3, -0.25) is 4.79 Å². The van der Waals surface area contributed by atoms with Crippen LogP contribution >= 0.6 is 0 Å². The Balaban J connectivity index is 1.76. The third-order valence-corrected chi connectivity index (χ3v) is 3.63. The molecule has 0 bridgehead atoms. The van der Waals surface area contributed by atoms with Crippen molar-refractivity contribution in [3.63, 3.8) is 0 Å². The number of hydrogen-bond donors (Lipinski definition) is 2. The van der Waals surface area contributed by atoms with Crippen LogP contribution in [0.5, 0.6) is 5.75 Å². The molecule has 0 aliphatic carbocycles. The molecule has 2 aromatic heterocycles. The topological polar surface area (TPSA) is 131 Å². The molecule has 0 saturated heterocycles. The van der Waals surface area contributed by atoms with Crippen LogP contribution in [-0.2, 0) is 4.79 Å². The summed E-state index contributed by atoms with van der Waals surface area (Å²) in [6, 6.07) is 6.82. The average Bonchev–Trinajstić information content (AvgIpc) is 3.11. The summed E-state index contributed by atoms with van der Waals surface area (Å²) in [5, 5.41) is 22.4. The van der Waals surface area contributed by atoms with Crippen molar-refractivity contribution in [3.05, 3.63) is 34.7 Å². The van der Waals surface area contributed by atoms with Crippen LogP contribution < -0.4 is 10.4 Å². The average molecular weight is 344 g/mol. The molecule has 0 radical (unpaired) electrons. The molecule has 0 fully saturated rings. The number of fused-ring (bicyclic) bond motifs is 1. The van der Waals surface area contributed by atoms with Gasteiger partial charge in [-0.05, 0) is 47.9 Å². The number of aromatic amines is 1. The summed E-state index contributed by atoms with van der Waals surface area (Å²) >= 11 is 0. The highest BCUT2D eigenvalue weighted by Gasteiger charge is 2.13. The van der Waals surface area contributed by atoms with Crippen LogP contribution in [0.4, 0.5) is 0 Å². The van der Waals surface area contributed by atoms with Gasteiger partial charge in [-0.25, -0.2) is 9.89 Å². The van der Waals surface area contributed by atoms with Crippen molar-refractivity contribution < 1.29 is 19.1 Å². The maximum absolute atomic E-state index is 12.1. The van der Waals surface area contributed by atoms with E-state index in [1.165, 1.54) is 0 Å². The van der Waals surface area contributed by atoms with Crippen LogP contribution in [0.25, 0.3) is 22.4 Å². The lowest BCUT2D eigenvalue weighted by Crippen LogP contribution is -2.05. The van der Waals surface area contributed by atoms with Gasteiger partial charge in [0.15, 0.2) is 5.82 Å². The van der Waals surface area contributed by atoms with Gasteiger partial charge in [-0.1, -0.05) is 6.07 Å². The molecule has 3 aromatic rings. The number of carbonyl (C=O) groups is 1. The first-order chi connectivity index (χ1) is 12.1. The monoisotopic (exact) mass is 344 g/mol. The summed E-state index contributed by atoms with van der Waals surface area (Å²) in [5.74, 6) is 0.00627. The highest BCUT2D eigenvalue weighted by molar-refractivity contribution is 5.86. The Morgan fingerprint density at radius 3 is 2.92 bits per heavy atom. The molecule has 9 heteroatoms. The summed E-state index contributed by atoms with van der Waals surface area (Å²) in [6.45, 7) is 0.442. The number of unbranched alkanes of at least 4 members (excludes halogenated alkanes) is 2. The molecule has 0 aliphatic heterocycles. The van der Waals surface area contributed by atoms with E-state index in [2.05, 4.69) is 20.6 Å². The van der Waals surface area contributed by atoms with E-state index < -0.39 is 11.6 Å². The number of aromatic nitrogens is 4. The van der Waals surface area contributed by atoms with Crippen LogP contribution in [0.1, 0.15) is 25.7 Å². The Morgan fingerprint density at radius 1 is 1.28 bits per heavy atom. The molecule has 9 nitrogen and oxygen atoms in total. The van der Waals surface area contributed by atoms with Gasteiger partial charge >= 0.3 is 11.6 Å². The SMILES string of the molecule is O=C(O)CCCCCOc1cccc2oc(=O)c(-c3nnn[nH]3)cc12.